The second-order valence-corrected chi connectivity index (χ2v) is 8.57. The van der Waals surface area contributed by atoms with Crippen molar-refractivity contribution in [1.29, 1.82) is 0 Å². The quantitative estimate of drug-likeness (QED) is 0.475. The molecule has 3 rings (SSSR count). The average Bonchev–Trinajstić information content (AvgIpc) is 3.21. The van der Waals surface area contributed by atoms with E-state index in [1.54, 1.807) is 12.1 Å². The molecule has 0 radical (unpaired) electrons. The normalized spacial score (nSPS) is 14.6. The largest absolute Gasteiger partial charge is 0.504 e. The monoisotopic (exact) mass is 480 g/mol. The Morgan fingerprint density at radius 1 is 1.07 bits per heavy atom. The first kappa shape index (κ1) is 21.8. The van der Waals surface area contributed by atoms with Crippen LogP contribution in [-0.4, -0.2) is 37.2 Å². The lowest BCUT2D eigenvalue weighted by Gasteiger charge is -2.18. The average molecular weight is 482 g/mol. The van der Waals surface area contributed by atoms with Gasteiger partial charge in [-0.15, -0.1) is 0 Å². The molecule has 9 nitrogen and oxygen atoms in total. The molecule has 1 aliphatic heterocycles. The number of nitrogens with zero attached hydrogens (tertiary/aromatic N) is 1. The van der Waals surface area contributed by atoms with Crippen LogP contribution >= 0.6 is 34.8 Å². The maximum Gasteiger partial charge on any atom is 0.324 e. The molecule has 0 aromatic heterocycles. The van der Waals surface area contributed by atoms with Gasteiger partial charge in [0.25, 0.3) is 0 Å². The summed E-state index contributed by atoms with van der Waals surface area (Å²) in [6.45, 7) is 0.420. The Kier molecular flexibility index (Phi) is 6.62. The van der Waals surface area contributed by atoms with E-state index in [2.05, 4.69) is 15.4 Å². The molecule has 2 aromatic carbocycles. The molecule has 1 heterocycles. The summed E-state index contributed by atoms with van der Waals surface area (Å²) < 4.78 is 27.6. The van der Waals surface area contributed by atoms with Crippen molar-refractivity contribution in [2.45, 2.75) is 6.42 Å². The van der Waals surface area contributed by atoms with E-state index in [0.717, 1.165) is 4.47 Å². The van der Waals surface area contributed by atoms with Gasteiger partial charge in [-0.2, -0.15) is 8.42 Å². The van der Waals surface area contributed by atoms with E-state index in [9.17, 15) is 18.3 Å². The minimum Gasteiger partial charge on any atom is -0.504 e. The van der Waals surface area contributed by atoms with Gasteiger partial charge in [-0.1, -0.05) is 45.3 Å². The molecule has 0 unspecified atom stereocenters. The first-order chi connectivity index (χ1) is 13.7. The molecule has 0 saturated carbocycles. The van der Waals surface area contributed by atoms with Gasteiger partial charge in [0.1, 0.15) is 5.69 Å². The number of anilines is 3. The predicted molar refractivity (Wildman–Crippen MR) is 112 cm³/mol. The number of urea groups is 1. The van der Waals surface area contributed by atoms with E-state index < -0.39 is 22.0 Å². The van der Waals surface area contributed by atoms with Crippen LogP contribution in [0.1, 0.15) is 6.42 Å². The lowest BCUT2D eigenvalue weighted by atomic mass is 10.2. The molecule has 2 aromatic rings. The molecular formula is C16H15Cl3N4O5S. The highest BCUT2D eigenvalue weighted by molar-refractivity contribution is 7.90. The number of amides is 2. The van der Waals surface area contributed by atoms with Gasteiger partial charge in [-0.25, -0.2) is 4.79 Å². The molecular weight excluding hydrogens is 467 g/mol. The molecule has 2 amide bonds. The van der Waals surface area contributed by atoms with Crippen LogP contribution in [0.3, 0.4) is 0 Å². The van der Waals surface area contributed by atoms with E-state index in [-0.39, 0.29) is 45.3 Å². The molecule has 0 aliphatic carbocycles. The number of hydrogen-bond acceptors (Lipinski definition) is 5. The van der Waals surface area contributed by atoms with E-state index >= 15 is 0 Å². The van der Waals surface area contributed by atoms with Gasteiger partial charge in [-0.3, -0.25) is 9.56 Å². The molecule has 0 spiro atoms. The van der Waals surface area contributed by atoms with Crippen LogP contribution in [0.25, 0.3) is 0 Å². The van der Waals surface area contributed by atoms with E-state index in [4.69, 9.17) is 39.6 Å². The van der Waals surface area contributed by atoms with Gasteiger partial charge < -0.3 is 15.7 Å². The summed E-state index contributed by atoms with van der Waals surface area (Å²) in [6, 6.07) is 6.55. The summed E-state index contributed by atoms with van der Waals surface area (Å²) in [7, 11) is -4.11. The molecule has 13 heteroatoms. The van der Waals surface area contributed by atoms with Crippen LogP contribution < -0.4 is 15.4 Å². The fourth-order valence-corrected chi connectivity index (χ4v) is 4.19. The number of phenols is 1. The smallest absolute Gasteiger partial charge is 0.324 e. The van der Waals surface area contributed by atoms with Crippen LogP contribution in [0.4, 0.5) is 21.9 Å². The van der Waals surface area contributed by atoms with Gasteiger partial charge in [-0.05, 0) is 30.7 Å². The zero-order chi connectivity index (χ0) is 21.2. The topological polar surface area (TPSA) is 120 Å². The van der Waals surface area contributed by atoms with E-state index in [1.165, 1.54) is 18.2 Å². The van der Waals surface area contributed by atoms with Gasteiger partial charge in [0.2, 0.25) is 0 Å². The Hall–Kier alpha value is -1.95. The number of benzene rings is 2. The lowest BCUT2D eigenvalue weighted by Crippen LogP contribution is -2.32. The zero-order valence-corrected chi connectivity index (χ0v) is 17.7. The fourth-order valence-electron chi connectivity index (χ4n) is 2.43. The first-order valence-corrected chi connectivity index (χ1v) is 10.7. The van der Waals surface area contributed by atoms with E-state index in [0.29, 0.717) is 6.42 Å². The summed E-state index contributed by atoms with van der Waals surface area (Å²) in [4.78, 5) is 17.3. The summed E-state index contributed by atoms with van der Waals surface area (Å²) in [5, 5.41) is 15.6. The molecule has 1 fully saturated rings. The Morgan fingerprint density at radius 3 is 2.48 bits per heavy atom. The second kappa shape index (κ2) is 8.82. The highest BCUT2D eigenvalue weighted by Gasteiger charge is 2.29. The number of carbonyl (C=O) groups is 1. The number of phenolic OH excluding ortho intramolecular Hbond substituents is 1. The van der Waals surface area contributed by atoms with Crippen molar-refractivity contribution >= 4 is 68.1 Å². The second-order valence-electron chi connectivity index (χ2n) is 5.82. The predicted octanol–water partition coefficient (Wildman–Crippen LogP) is 4.29. The Labute approximate surface area is 181 Å². The summed E-state index contributed by atoms with van der Waals surface area (Å²) in [6.07, 6.45) is 0.536. The number of carbonyl (C=O) groups excluding carboxylic acids is 1. The van der Waals surface area contributed by atoms with Crippen molar-refractivity contribution in [2.75, 3.05) is 28.5 Å². The van der Waals surface area contributed by atoms with Crippen LogP contribution in [0.5, 0.6) is 5.75 Å². The van der Waals surface area contributed by atoms with Crippen molar-refractivity contribution in [3.8, 4) is 5.75 Å². The Bertz CT molecular complexity index is 1050. The minimum absolute atomic E-state index is 0.0749. The van der Waals surface area contributed by atoms with Crippen LogP contribution in [-0.2, 0) is 15.0 Å². The highest BCUT2D eigenvalue weighted by atomic mass is 35.5. The van der Waals surface area contributed by atoms with Crippen LogP contribution in [0.15, 0.2) is 30.3 Å². The molecule has 1 aliphatic rings. The van der Waals surface area contributed by atoms with Crippen molar-refractivity contribution in [1.82, 2.24) is 4.47 Å². The number of aromatic hydroxyl groups is 1. The van der Waals surface area contributed by atoms with Crippen molar-refractivity contribution in [3.05, 3.63) is 45.4 Å². The number of nitrogens with one attached hydrogen (secondary N) is 3. The number of hydrogen-bond donors (Lipinski definition) is 4. The molecule has 0 bridgehead atoms. The number of rotatable bonds is 5. The number of hydroxylamine groups is 1. The van der Waals surface area contributed by atoms with Crippen molar-refractivity contribution in [2.24, 2.45) is 0 Å². The maximum atomic E-state index is 12.3. The maximum absolute atomic E-state index is 12.3. The third-order valence-corrected chi connectivity index (χ3v) is 6.21. The third kappa shape index (κ3) is 4.97. The summed E-state index contributed by atoms with van der Waals surface area (Å²) in [5.41, 5.74) is -0.150. The van der Waals surface area contributed by atoms with E-state index in [1.807, 2.05) is 0 Å². The van der Waals surface area contributed by atoms with Crippen LogP contribution in [0.2, 0.25) is 15.1 Å². The summed E-state index contributed by atoms with van der Waals surface area (Å²) >= 11 is 17.9. The zero-order valence-electron chi connectivity index (χ0n) is 14.6. The molecule has 4 N–H and O–H groups in total. The summed E-state index contributed by atoms with van der Waals surface area (Å²) in [5.74, 6) is -0.576. The van der Waals surface area contributed by atoms with Gasteiger partial charge in [0, 0.05) is 6.54 Å². The Balaban J connectivity index is 1.79. The molecule has 0 atom stereocenters. The highest BCUT2D eigenvalue weighted by Crippen LogP contribution is 2.39. The SMILES string of the molecule is O=C(Nc1ccc(Cl)c(NS(=O)(=O)N2CCCO2)c1O)Nc1cccc(Cl)c1Cl. The standard InChI is InChI=1S/C16H15Cl3N4O5S/c17-9-3-1-4-11(13(9)19)20-16(25)21-12-6-5-10(18)14(15(12)24)22-29(26,27)23-7-2-8-28-23/h1,3-6,22,24H,2,7-8H2,(H2,20,21,25). The number of halogens is 3. The minimum atomic E-state index is -4.11. The molecule has 156 valence electrons. The first-order valence-electron chi connectivity index (χ1n) is 8.16. The van der Waals surface area contributed by atoms with Gasteiger partial charge in [0.05, 0.1) is 33.0 Å². The fraction of sp³-hybridized carbons (Fsp3) is 0.188. The van der Waals surface area contributed by atoms with Gasteiger partial charge in [0.15, 0.2) is 5.75 Å². The van der Waals surface area contributed by atoms with Crippen LogP contribution in [0, 0.1) is 0 Å². The molecule has 29 heavy (non-hydrogen) atoms. The molecule has 1 saturated heterocycles. The van der Waals surface area contributed by atoms with Gasteiger partial charge >= 0.3 is 16.2 Å². The Morgan fingerprint density at radius 2 is 1.79 bits per heavy atom. The van der Waals surface area contributed by atoms with Crippen molar-refractivity contribution < 1.29 is 23.2 Å². The van der Waals surface area contributed by atoms with Crippen molar-refractivity contribution in [3.63, 3.8) is 0 Å². The lowest BCUT2D eigenvalue weighted by molar-refractivity contribution is -0.0277. The third-order valence-electron chi connectivity index (χ3n) is 3.79.